The van der Waals surface area contributed by atoms with Crippen LogP contribution in [0.1, 0.15) is 47.5 Å². The van der Waals surface area contributed by atoms with Crippen molar-refractivity contribution in [2.24, 2.45) is 5.73 Å². The van der Waals surface area contributed by atoms with Gasteiger partial charge in [-0.15, -0.1) is 42.3 Å². The molecule has 44 heavy (non-hydrogen) atoms. The van der Waals surface area contributed by atoms with Gasteiger partial charge in [-0.25, -0.2) is 9.97 Å². The van der Waals surface area contributed by atoms with Crippen molar-refractivity contribution in [3.05, 3.63) is 107 Å². The average Bonchev–Trinajstić information content (AvgIpc) is 3.77. The Hall–Kier alpha value is -4.30. The van der Waals surface area contributed by atoms with Gasteiger partial charge in [-0.05, 0) is 56.2 Å². The van der Waals surface area contributed by atoms with Gasteiger partial charge in [0.05, 0.1) is 18.1 Å². The van der Waals surface area contributed by atoms with Crippen molar-refractivity contribution in [2.75, 3.05) is 18.0 Å². The molecule has 0 unspecified atom stereocenters. The van der Waals surface area contributed by atoms with Crippen molar-refractivity contribution >= 4 is 36.7 Å². The minimum atomic E-state index is 0. The van der Waals surface area contributed by atoms with Crippen LogP contribution in [-0.2, 0) is 38.6 Å². The molecule has 2 aromatic carbocycles. The maximum Gasteiger partial charge on any atom is 0.197 e. The number of nitrogens with two attached hydrogens (primary N) is 3. The lowest BCUT2D eigenvalue weighted by molar-refractivity contribution is 0.558. The van der Waals surface area contributed by atoms with Gasteiger partial charge in [0.1, 0.15) is 0 Å². The molecule has 3 aromatic heterocycles. The van der Waals surface area contributed by atoms with E-state index < -0.39 is 0 Å². The Morgan fingerprint density at radius 3 is 1.77 bits per heavy atom. The topological polar surface area (TPSA) is 166 Å². The highest BCUT2D eigenvalue weighted by molar-refractivity contribution is 5.85. The van der Waals surface area contributed by atoms with E-state index in [-0.39, 0.29) is 24.8 Å². The lowest BCUT2D eigenvalue weighted by Crippen LogP contribution is -2.00. The number of hydrogen-bond donors (Lipinski definition) is 5. The summed E-state index contributed by atoms with van der Waals surface area (Å²) in [7, 11) is 0. The predicted octanol–water partition coefficient (Wildman–Crippen LogP) is 4.98. The molecule has 0 aliphatic carbocycles. The van der Waals surface area contributed by atoms with E-state index in [0.717, 1.165) is 81.5 Å². The molecule has 0 aliphatic heterocycles. The van der Waals surface area contributed by atoms with E-state index in [1.165, 1.54) is 11.1 Å². The number of aromatic nitrogens is 7. The fourth-order valence-electron chi connectivity index (χ4n) is 4.08. The van der Waals surface area contributed by atoms with Gasteiger partial charge in [0, 0.05) is 37.0 Å². The normalized spacial score (nSPS) is 9.73. The van der Waals surface area contributed by atoms with Gasteiger partial charge in [-0.1, -0.05) is 65.9 Å². The van der Waals surface area contributed by atoms with Gasteiger partial charge < -0.3 is 27.2 Å². The third-order valence-electron chi connectivity index (χ3n) is 6.28. The van der Waals surface area contributed by atoms with Crippen molar-refractivity contribution in [2.45, 2.75) is 57.9 Å². The standard InChI is InChI=1S/C16H20N6.C9H13N.C7H9N3.2ClH/c17-16-18-11-14(19-16)8-9-15-12-22(21-20-15)10-4-7-13-5-2-1-3-6-13;10-8-4-7-9-5-2-1-3-6-9;1-2-3-4-6-5-9-7(8)10-6;;/h1-3,5-6,11-12H,4,7-10H2,(H3,17,18,19);1-3,5-6H,4,7-8,10H2;1,5H,3-4H2,(H3,8,9,10);2*1H. The molecule has 0 spiro atoms. The van der Waals surface area contributed by atoms with Crippen LogP contribution in [0.5, 0.6) is 0 Å². The molecule has 0 fully saturated rings. The summed E-state index contributed by atoms with van der Waals surface area (Å²) < 4.78 is 1.92. The monoisotopic (exact) mass is 638 g/mol. The largest absolute Gasteiger partial charge is 0.369 e. The van der Waals surface area contributed by atoms with E-state index in [4.69, 9.17) is 23.6 Å². The number of aryl methyl sites for hydroxylation is 6. The Kier molecular flexibility index (Phi) is 19.1. The van der Waals surface area contributed by atoms with Crippen LogP contribution in [0.3, 0.4) is 0 Å². The molecule has 3 heterocycles. The summed E-state index contributed by atoms with van der Waals surface area (Å²) in [4.78, 5) is 13.7. The second kappa shape index (κ2) is 22.3. The zero-order valence-corrected chi connectivity index (χ0v) is 26.6. The quantitative estimate of drug-likeness (QED) is 0.120. The summed E-state index contributed by atoms with van der Waals surface area (Å²) in [6, 6.07) is 20.9. The Morgan fingerprint density at radius 1 is 0.727 bits per heavy atom. The van der Waals surface area contributed by atoms with Crippen LogP contribution in [-0.4, -0.2) is 41.5 Å². The third-order valence-corrected chi connectivity index (χ3v) is 6.28. The number of nitrogens with zero attached hydrogens (tertiary/aromatic N) is 5. The second-order valence-corrected chi connectivity index (χ2v) is 9.73. The van der Waals surface area contributed by atoms with Gasteiger partial charge in [-0.3, -0.25) is 4.68 Å². The molecule has 10 nitrogen and oxygen atoms in total. The smallest absolute Gasteiger partial charge is 0.197 e. The van der Waals surface area contributed by atoms with E-state index in [0.29, 0.717) is 11.9 Å². The number of hydrogen-bond acceptors (Lipinski definition) is 7. The zero-order valence-electron chi connectivity index (χ0n) is 24.9. The Labute approximate surface area is 272 Å². The first kappa shape index (κ1) is 37.7. The maximum atomic E-state index is 5.56. The molecular weight excluding hydrogens is 595 g/mol. The minimum Gasteiger partial charge on any atom is -0.369 e. The van der Waals surface area contributed by atoms with E-state index in [2.05, 4.69) is 84.7 Å². The zero-order chi connectivity index (χ0) is 29.8. The number of terminal acetylenes is 1. The van der Waals surface area contributed by atoms with E-state index >= 15 is 0 Å². The number of nitrogens with one attached hydrogen (secondary N) is 2. The van der Waals surface area contributed by atoms with Gasteiger partial charge in [0.2, 0.25) is 0 Å². The number of H-pyrrole nitrogens is 2. The summed E-state index contributed by atoms with van der Waals surface area (Å²) in [6.07, 6.45) is 18.1. The van der Waals surface area contributed by atoms with Crippen molar-refractivity contribution in [1.29, 1.82) is 0 Å². The number of nitrogen functional groups attached to an aromatic ring is 2. The number of halogens is 2. The molecule has 0 aliphatic rings. The van der Waals surface area contributed by atoms with Crippen molar-refractivity contribution in [1.82, 2.24) is 34.9 Å². The van der Waals surface area contributed by atoms with Crippen LogP contribution in [0.2, 0.25) is 0 Å². The number of aromatic amines is 2. The Balaban J connectivity index is 0.000000369. The molecular formula is C32H44Cl2N10. The highest BCUT2D eigenvalue weighted by atomic mass is 35.5. The lowest BCUT2D eigenvalue weighted by atomic mass is 10.1. The maximum absolute atomic E-state index is 5.56. The highest BCUT2D eigenvalue weighted by Crippen LogP contribution is 2.07. The fraction of sp³-hybridized carbons (Fsp3) is 0.312. The van der Waals surface area contributed by atoms with E-state index in [1.807, 2.05) is 23.0 Å². The fourth-order valence-corrected chi connectivity index (χ4v) is 4.08. The first-order chi connectivity index (χ1) is 20.6. The third kappa shape index (κ3) is 15.3. The molecule has 0 radical (unpaired) electrons. The highest BCUT2D eigenvalue weighted by Gasteiger charge is 2.04. The number of imidazole rings is 2. The van der Waals surface area contributed by atoms with Crippen LogP contribution in [0.25, 0.3) is 0 Å². The molecule has 5 rings (SSSR count). The molecule has 8 N–H and O–H groups in total. The van der Waals surface area contributed by atoms with E-state index in [1.54, 1.807) is 12.4 Å². The Bertz CT molecular complexity index is 1440. The van der Waals surface area contributed by atoms with Gasteiger partial charge in [0.15, 0.2) is 11.9 Å². The molecule has 0 saturated heterocycles. The summed E-state index contributed by atoms with van der Waals surface area (Å²) in [5.74, 6) is 3.45. The first-order valence-electron chi connectivity index (χ1n) is 14.2. The summed E-state index contributed by atoms with van der Waals surface area (Å²) >= 11 is 0. The summed E-state index contributed by atoms with van der Waals surface area (Å²) in [5.41, 5.74) is 22.0. The first-order valence-corrected chi connectivity index (χ1v) is 14.2. The minimum absolute atomic E-state index is 0. The van der Waals surface area contributed by atoms with Crippen LogP contribution < -0.4 is 17.2 Å². The SMILES string of the molecule is C#CCCc1cnc(N)[nH]1.Cl.Cl.NCCCc1ccccc1.Nc1ncc(CCc2cn(CCCc3ccccc3)nn2)[nH]1. The molecule has 0 amide bonds. The molecule has 0 saturated carbocycles. The summed E-state index contributed by atoms with van der Waals surface area (Å²) in [5, 5.41) is 8.39. The molecule has 0 bridgehead atoms. The second-order valence-electron chi connectivity index (χ2n) is 9.73. The summed E-state index contributed by atoms with van der Waals surface area (Å²) in [6.45, 7) is 1.67. The van der Waals surface area contributed by atoms with Crippen LogP contribution in [0.4, 0.5) is 11.9 Å². The van der Waals surface area contributed by atoms with Crippen LogP contribution >= 0.6 is 24.8 Å². The van der Waals surface area contributed by atoms with Crippen molar-refractivity contribution in [3.8, 4) is 12.3 Å². The predicted molar refractivity (Wildman–Crippen MR) is 184 cm³/mol. The molecule has 12 heteroatoms. The van der Waals surface area contributed by atoms with Crippen molar-refractivity contribution in [3.63, 3.8) is 0 Å². The average molecular weight is 640 g/mol. The molecule has 236 valence electrons. The van der Waals surface area contributed by atoms with Crippen molar-refractivity contribution < 1.29 is 0 Å². The lowest BCUT2D eigenvalue weighted by Gasteiger charge is -2.01. The van der Waals surface area contributed by atoms with Gasteiger partial charge in [0.25, 0.3) is 0 Å². The number of anilines is 2. The number of benzene rings is 2. The van der Waals surface area contributed by atoms with Gasteiger partial charge >= 0.3 is 0 Å². The van der Waals surface area contributed by atoms with Gasteiger partial charge in [-0.2, -0.15) is 0 Å². The van der Waals surface area contributed by atoms with Crippen LogP contribution in [0, 0.1) is 12.3 Å². The van der Waals surface area contributed by atoms with E-state index in [9.17, 15) is 0 Å². The molecule has 5 aromatic rings. The van der Waals surface area contributed by atoms with Crippen LogP contribution in [0.15, 0.2) is 79.3 Å². The molecule has 0 atom stereocenters. The number of rotatable bonds is 12. The Morgan fingerprint density at radius 2 is 1.27 bits per heavy atom.